The molecule has 0 spiro atoms. The van der Waals surface area contributed by atoms with Gasteiger partial charge in [0, 0.05) is 17.5 Å². The summed E-state index contributed by atoms with van der Waals surface area (Å²) in [4.78, 5) is 23.5. The zero-order valence-electron chi connectivity index (χ0n) is 11.6. The van der Waals surface area contributed by atoms with Crippen LogP contribution in [0.25, 0.3) is 0 Å². The lowest BCUT2D eigenvalue weighted by atomic mass is 10.1. The third-order valence-corrected chi connectivity index (χ3v) is 3.36. The number of nitrogens with zero attached hydrogens (tertiary/aromatic N) is 2. The SMILES string of the molecule is C=CCN(CC(F)(F)F)C(=O)c1cc(SC)ccc1[N+](=O)[O-]. The molecule has 22 heavy (non-hydrogen) atoms. The van der Waals surface area contributed by atoms with Crippen molar-refractivity contribution in [1.82, 2.24) is 4.90 Å². The summed E-state index contributed by atoms with van der Waals surface area (Å²) in [5, 5.41) is 11.0. The number of nitro benzene ring substituents is 1. The van der Waals surface area contributed by atoms with Gasteiger partial charge in [-0.3, -0.25) is 14.9 Å². The Kier molecular flexibility index (Phi) is 5.98. The molecule has 5 nitrogen and oxygen atoms in total. The molecule has 1 aromatic rings. The maximum Gasteiger partial charge on any atom is 0.406 e. The van der Waals surface area contributed by atoms with E-state index in [2.05, 4.69) is 6.58 Å². The van der Waals surface area contributed by atoms with Crippen molar-refractivity contribution < 1.29 is 22.9 Å². The summed E-state index contributed by atoms with van der Waals surface area (Å²) in [5.41, 5.74) is -0.901. The maximum absolute atomic E-state index is 12.5. The summed E-state index contributed by atoms with van der Waals surface area (Å²) in [6.07, 6.45) is -1.79. The fraction of sp³-hybridized carbons (Fsp3) is 0.308. The van der Waals surface area contributed by atoms with Crippen LogP contribution in [0.5, 0.6) is 0 Å². The van der Waals surface area contributed by atoms with Crippen LogP contribution in [-0.4, -0.2) is 41.3 Å². The van der Waals surface area contributed by atoms with Gasteiger partial charge in [-0.15, -0.1) is 18.3 Å². The number of alkyl halides is 3. The van der Waals surface area contributed by atoms with Crippen LogP contribution < -0.4 is 0 Å². The molecule has 0 aromatic heterocycles. The van der Waals surface area contributed by atoms with Gasteiger partial charge in [0.05, 0.1) is 4.92 Å². The molecule has 9 heteroatoms. The quantitative estimate of drug-likeness (QED) is 0.346. The van der Waals surface area contributed by atoms with E-state index in [0.717, 1.165) is 12.1 Å². The van der Waals surface area contributed by atoms with E-state index in [1.54, 1.807) is 6.26 Å². The van der Waals surface area contributed by atoms with E-state index in [9.17, 15) is 28.1 Å². The normalized spacial score (nSPS) is 11.1. The van der Waals surface area contributed by atoms with E-state index in [0.29, 0.717) is 9.80 Å². The van der Waals surface area contributed by atoms with Gasteiger partial charge in [-0.05, 0) is 18.4 Å². The van der Waals surface area contributed by atoms with Crippen molar-refractivity contribution in [2.45, 2.75) is 11.1 Å². The van der Waals surface area contributed by atoms with Gasteiger partial charge in [0.15, 0.2) is 0 Å². The van der Waals surface area contributed by atoms with Crippen molar-refractivity contribution in [3.8, 4) is 0 Å². The molecule has 0 saturated heterocycles. The third kappa shape index (κ3) is 4.76. The van der Waals surface area contributed by atoms with Crippen molar-refractivity contribution in [2.24, 2.45) is 0 Å². The first-order chi connectivity index (χ1) is 10.2. The van der Waals surface area contributed by atoms with Crippen LogP contribution in [0.1, 0.15) is 10.4 Å². The van der Waals surface area contributed by atoms with Crippen molar-refractivity contribution in [3.63, 3.8) is 0 Å². The second kappa shape index (κ2) is 7.30. The Bertz CT molecular complexity index is 590. The van der Waals surface area contributed by atoms with Gasteiger partial charge in [-0.1, -0.05) is 6.08 Å². The van der Waals surface area contributed by atoms with Crippen LogP contribution in [0.4, 0.5) is 18.9 Å². The second-order valence-electron chi connectivity index (χ2n) is 4.23. The number of hydrogen-bond donors (Lipinski definition) is 0. The maximum atomic E-state index is 12.5. The van der Waals surface area contributed by atoms with Gasteiger partial charge >= 0.3 is 6.18 Å². The predicted molar refractivity (Wildman–Crippen MR) is 77.0 cm³/mol. The standard InChI is InChI=1S/C13H13F3N2O3S/c1-3-6-17(8-13(14,15)16)12(19)10-7-9(22-2)4-5-11(10)18(20)21/h3-5,7H,1,6,8H2,2H3. The number of hydrogen-bond acceptors (Lipinski definition) is 4. The van der Waals surface area contributed by atoms with Gasteiger partial charge in [0.2, 0.25) is 0 Å². The largest absolute Gasteiger partial charge is 0.406 e. The Balaban J connectivity index is 3.27. The zero-order valence-corrected chi connectivity index (χ0v) is 12.4. The Labute approximate surface area is 128 Å². The van der Waals surface area contributed by atoms with Gasteiger partial charge in [0.1, 0.15) is 12.1 Å². The van der Waals surface area contributed by atoms with Crippen LogP contribution in [0, 0.1) is 10.1 Å². The van der Waals surface area contributed by atoms with E-state index in [-0.39, 0.29) is 12.1 Å². The molecule has 0 aliphatic carbocycles. The molecule has 0 aliphatic heterocycles. The predicted octanol–water partition coefficient (Wildman–Crippen LogP) is 3.51. The summed E-state index contributed by atoms with van der Waals surface area (Å²) >= 11 is 1.22. The minimum atomic E-state index is -4.61. The molecule has 0 fully saturated rings. The molecule has 1 amide bonds. The van der Waals surface area contributed by atoms with Crippen LogP contribution in [-0.2, 0) is 0 Å². The molecule has 0 heterocycles. The third-order valence-electron chi connectivity index (χ3n) is 2.64. The number of carbonyl (C=O) groups is 1. The molecule has 0 aliphatic rings. The van der Waals surface area contributed by atoms with Crippen molar-refractivity contribution in [1.29, 1.82) is 0 Å². The van der Waals surface area contributed by atoms with E-state index in [1.165, 1.54) is 23.9 Å². The van der Waals surface area contributed by atoms with Gasteiger partial charge in [0.25, 0.3) is 11.6 Å². The number of halogens is 3. The van der Waals surface area contributed by atoms with Crippen LogP contribution in [0.15, 0.2) is 35.7 Å². The molecule has 0 N–H and O–H groups in total. The molecule has 0 atom stereocenters. The molecule has 120 valence electrons. The Morgan fingerprint density at radius 1 is 1.50 bits per heavy atom. The highest BCUT2D eigenvalue weighted by Crippen LogP contribution is 2.27. The van der Waals surface area contributed by atoms with Crippen LogP contribution in [0.3, 0.4) is 0 Å². The average Bonchev–Trinajstić information content (AvgIpc) is 2.43. The number of benzene rings is 1. The number of rotatable bonds is 6. The average molecular weight is 334 g/mol. The molecule has 1 aromatic carbocycles. The van der Waals surface area contributed by atoms with E-state index >= 15 is 0 Å². The molecule has 0 radical (unpaired) electrons. The number of carbonyl (C=O) groups excluding carboxylic acids is 1. The number of amides is 1. The Morgan fingerprint density at radius 3 is 2.59 bits per heavy atom. The van der Waals surface area contributed by atoms with Crippen LogP contribution in [0.2, 0.25) is 0 Å². The number of nitro groups is 1. The smallest absolute Gasteiger partial charge is 0.326 e. The minimum absolute atomic E-state index is 0.362. The highest BCUT2D eigenvalue weighted by atomic mass is 32.2. The van der Waals surface area contributed by atoms with E-state index < -0.39 is 29.2 Å². The molecule has 1 rings (SSSR count). The van der Waals surface area contributed by atoms with Crippen LogP contribution >= 0.6 is 11.8 Å². The zero-order chi connectivity index (χ0) is 16.9. The molecular weight excluding hydrogens is 321 g/mol. The van der Waals surface area contributed by atoms with E-state index in [4.69, 9.17) is 0 Å². The summed E-state index contributed by atoms with van der Waals surface area (Å²) in [6.45, 7) is 1.44. The fourth-order valence-electron chi connectivity index (χ4n) is 1.73. The monoisotopic (exact) mass is 334 g/mol. The van der Waals surface area contributed by atoms with Gasteiger partial charge < -0.3 is 4.90 Å². The molecule has 0 unspecified atom stereocenters. The van der Waals surface area contributed by atoms with Crippen molar-refractivity contribution >= 4 is 23.4 Å². The number of thioether (sulfide) groups is 1. The highest BCUT2D eigenvalue weighted by Gasteiger charge is 2.34. The van der Waals surface area contributed by atoms with Crippen molar-refractivity contribution in [3.05, 3.63) is 46.5 Å². The summed E-state index contributed by atoms with van der Waals surface area (Å²) in [6, 6.07) is 3.76. The highest BCUT2D eigenvalue weighted by molar-refractivity contribution is 7.98. The topological polar surface area (TPSA) is 63.5 Å². The van der Waals surface area contributed by atoms with E-state index in [1.807, 2.05) is 0 Å². The first-order valence-corrected chi connectivity index (χ1v) is 7.21. The first kappa shape index (κ1) is 18.0. The molecular formula is C13H13F3N2O3S. The van der Waals surface area contributed by atoms with Gasteiger partial charge in [-0.2, -0.15) is 13.2 Å². The Hall–Kier alpha value is -2.03. The summed E-state index contributed by atoms with van der Waals surface area (Å²) < 4.78 is 37.6. The first-order valence-electron chi connectivity index (χ1n) is 5.99. The van der Waals surface area contributed by atoms with Gasteiger partial charge in [-0.25, -0.2) is 0 Å². The molecule has 0 bridgehead atoms. The minimum Gasteiger partial charge on any atom is -0.326 e. The molecule has 0 saturated carbocycles. The van der Waals surface area contributed by atoms with Crippen molar-refractivity contribution in [2.75, 3.05) is 19.3 Å². The lowest BCUT2D eigenvalue weighted by molar-refractivity contribution is -0.385. The second-order valence-corrected chi connectivity index (χ2v) is 5.11. The summed E-state index contributed by atoms with van der Waals surface area (Å²) in [5.74, 6) is -1.06. The lowest BCUT2D eigenvalue weighted by Gasteiger charge is -2.22. The summed E-state index contributed by atoms with van der Waals surface area (Å²) in [7, 11) is 0. The Morgan fingerprint density at radius 2 is 2.14 bits per heavy atom. The fourth-order valence-corrected chi connectivity index (χ4v) is 2.17. The lowest BCUT2D eigenvalue weighted by Crippen LogP contribution is -2.39.